The molecule has 0 aliphatic carbocycles. The van der Waals surface area contributed by atoms with E-state index in [2.05, 4.69) is 10.6 Å². The average molecular weight is 374 g/mol. The van der Waals surface area contributed by atoms with Crippen LogP contribution in [0.25, 0.3) is 6.08 Å². The van der Waals surface area contributed by atoms with Crippen molar-refractivity contribution in [3.8, 4) is 0 Å². The summed E-state index contributed by atoms with van der Waals surface area (Å²) in [6, 6.07) is 20.5. The lowest BCUT2D eigenvalue weighted by Crippen LogP contribution is -2.35. The van der Waals surface area contributed by atoms with Gasteiger partial charge in [0.25, 0.3) is 11.8 Å². The van der Waals surface area contributed by atoms with Gasteiger partial charge in [-0.3, -0.25) is 9.59 Å². The fourth-order valence-corrected chi connectivity index (χ4v) is 2.63. The Morgan fingerprint density at radius 2 is 1.71 bits per heavy atom. The summed E-state index contributed by atoms with van der Waals surface area (Å²) in [5, 5.41) is 5.54. The summed E-state index contributed by atoms with van der Waals surface area (Å²) >= 11 is 0. The number of aryl methyl sites for hydroxylation is 1. The zero-order valence-corrected chi connectivity index (χ0v) is 15.6. The van der Waals surface area contributed by atoms with E-state index >= 15 is 0 Å². The van der Waals surface area contributed by atoms with E-state index in [9.17, 15) is 9.59 Å². The lowest BCUT2D eigenvalue weighted by molar-refractivity contribution is -0.117. The van der Waals surface area contributed by atoms with Gasteiger partial charge in [0.05, 0.1) is 6.26 Å². The van der Waals surface area contributed by atoms with Crippen LogP contribution in [-0.2, 0) is 11.2 Å². The number of carbonyl (C=O) groups is 2. The topological polar surface area (TPSA) is 71.3 Å². The highest BCUT2D eigenvalue weighted by Gasteiger charge is 2.15. The Kier molecular flexibility index (Phi) is 6.41. The van der Waals surface area contributed by atoms with Crippen LogP contribution in [-0.4, -0.2) is 18.4 Å². The molecule has 2 amide bonds. The first-order valence-corrected chi connectivity index (χ1v) is 9.07. The largest absolute Gasteiger partial charge is 0.465 e. The molecule has 2 N–H and O–H groups in total. The van der Waals surface area contributed by atoms with Crippen LogP contribution in [0.5, 0.6) is 0 Å². The summed E-state index contributed by atoms with van der Waals surface area (Å²) in [4.78, 5) is 25.2. The molecule has 5 heteroatoms. The molecule has 0 aliphatic heterocycles. The predicted molar refractivity (Wildman–Crippen MR) is 108 cm³/mol. The van der Waals surface area contributed by atoms with Gasteiger partial charge >= 0.3 is 0 Å². The van der Waals surface area contributed by atoms with Crippen LogP contribution in [0.3, 0.4) is 0 Å². The number of rotatable bonds is 7. The maximum atomic E-state index is 12.6. The molecule has 0 spiro atoms. The highest BCUT2D eigenvalue weighted by molar-refractivity contribution is 6.05. The second-order valence-electron chi connectivity index (χ2n) is 6.39. The molecule has 142 valence electrons. The molecular weight excluding hydrogens is 352 g/mol. The molecular formula is C23H22N2O3. The summed E-state index contributed by atoms with van der Waals surface area (Å²) in [5.41, 5.74) is 2.80. The molecule has 3 aromatic rings. The highest BCUT2D eigenvalue weighted by Crippen LogP contribution is 2.09. The van der Waals surface area contributed by atoms with E-state index in [0.29, 0.717) is 24.3 Å². The van der Waals surface area contributed by atoms with Crippen molar-refractivity contribution < 1.29 is 14.0 Å². The van der Waals surface area contributed by atoms with Gasteiger partial charge in [-0.05, 0) is 43.2 Å². The Morgan fingerprint density at radius 1 is 0.964 bits per heavy atom. The van der Waals surface area contributed by atoms with Gasteiger partial charge in [-0.2, -0.15) is 0 Å². The monoisotopic (exact) mass is 374 g/mol. The Bertz CT molecular complexity index is 943. The number of amides is 2. The van der Waals surface area contributed by atoms with Crippen LogP contribution in [0.2, 0.25) is 0 Å². The predicted octanol–water partition coefficient (Wildman–Crippen LogP) is 3.72. The maximum Gasteiger partial charge on any atom is 0.267 e. The van der Waals surface area contributed by atoms with E-state index in [-0.39, 0.29) is 17.5 Å². The average Bonchev–Trinajstić information content (AvgIpc) is 3.22. The van der Waals surface area contributed by atoms with Gasteiger partial charge in [0.2, 0.25) is 0 Å². The molecule has 28 heavy (non-hydrogen) atoms. The first-order valence-electron chi connectivity index (χ1n) is 9.07. The molecule has 0 saturated heterocycles. The molecule has 0 fully saturated rings. The minimum Gasteiger partial charge on any atom is -0.465 e. The standard InChI is InChI=1S/C23H22N2O3/c1-17-9-11-19(12-10-17)22(26)25-21(16-20-8-5-15-28-20)23(27)24-14-13-18-6-3-2-4-7-18/h2-12,15-16H,13-14H2,1H3,(H,24,27)(H,25,26). The van der Waals surface area contributed by atoms with Crippen molar-refractivity contribution in [3.63, 3.8) is 0 Å². The van der Waals surface area contributed by atoms with Gasteiger partial charge in [0, 0.05) is 18.2 Å². The Balaban J connectivity index is 1.68. The number of nitrogens with one attached hydrogen (secondary N) is 2. The summed E-state index contributed by atoms with van der Waals surface area (Å²) < 4.78 is 5.28. The zero-order valence-electron chi connectivity index (χ0n) is 15.6. The van der Waals surface area contributed by atoms with Crippen LogP contribution in [0.4, 0.5) is 0 Å². The van der Waals surface area contributed by atoms with Crippen LogP contribution in [0.1, 0.15) is 27.2 Å². The van der Waals surface area contributed by atoms with Crippen molar-refractivity contribution in [3.05, 3.63) is 101 Å². The molecule has 1 aromatic heterocycles. The van der Waals surface area contributed by atoms with E-state index < -0.39 is 0 Å². The SMILES string of the molecule is Cc1ccc(C(=O)NC(=Cc2ccco2)C(=O)NCCc2ccccc2)cc1. The van der Waals surface area contributed by atoms with Crippen LogP contribution in [0, 0.1) is 6.92 Å². The lowest BCUT2D eigenvalue weighted by Gasteiger charge is -2.11. The van der Waals surface area contributed by atoms with E-state index in [4.69, 9.17) is 4.42 Å². The summed E-state index contributed by atoms with van der Waals surface area (Å²) in [5.74, 6) is -0.235. The fourth-order valence-electron chi connectivity index (χ4n) is 2.63. The second kappa shape index (κ2) is 9.37. The first-order chi connectivity index (χ1) is 13.6. The molecule has 2 aromatic carbocycles. The van der Waals surface area contributed by atoms with Gasteiger partial charge in [0.15, 0.2) is 0 Å². The van der Waals surface area contributed by atoms with Crippen molar-refractivity contribution in [2.24, 2.45) is 0 Å². The molecule has 0 saturated carbocycles. The number of hydrogen-bond acceptors (Lipinski definition) is 3. The molecule has 1 heterocycles. The summed E-state index contributed by atoms with van der Waals surface area (Å²) in [6.07, 6.45) is 3.73. The third-order valence-corrected chi connectivity index (χ3v) is 4.18. The Morgan fingerprint density at radius 3 is 2.39 bits per heavy atom. The number of hydrogen-bond donors (Lipinski definition) is 2. The molecule has 0 bridgehead atoms. The van der Waals surface area contributed by atoms with Gasteiger partial charge in [-0.1, -0.05) is 48.0 Å². The molecule has 0 atom stereocenters. The molecule has 0 radical (unpaired) electrons. The second-order valence-corrected chi connectivity index (χ2v) is 6.39. The number of benzene rings is 2. The zero-order chi connectivity index (χ0) is 19.8. The minimum atomic E-state index is -0.368. The van der Waals surface area contributed by atoms with Crippen LogP contribution in [0.15, 0.2) is 83.1 Å². The maximum absolute atomic E-state index is 12.6. The van der Waals surface area contributed by atoms with Gasteiger partial charge in [0.1, 0.15) is 11.5 Å². The van der Waals surface area contributed by atoms with Crippen molar-refractivity contribution in [2.75, 3.05) is 6.54 Å². The molecule has 0 unspecified atom stereocenters. The van der Waals surface area contributed by atoms with Gasteiger partial charge in [-0.15, -0.1) is 0 Å². The first kappa shape index (κ1) is 19.2. The molecule has 5 nitrogen and oxygen atoms in total. The summed E-state index contributed by atoms with van der Waals surface area (Å²) in [7, 11) is 0. The Hall–Kier alpha value is -3.60. The number of carbonyl (C=O) groups excluding carboxylic acids is 2. The van der Waals surface area contributed by atoms with E-state index in [1.807, 2.05) is 49.4 Å². The van der Waals surface area contributed by atoms with E-state index in [1.54, 1.807) is 24.3 Å². The van der Waals surface area contributed by atoms with Crippen molar-refractivity contribution >= 4 is 17.9 Å². The van der Waals surface area contributed by atoms with Crippen LogP contribution < -0.4 is 10.6 Å². The lowest BCUT2D eigenvalue weighted by atomic mass is 10.1. The minimum absolute atomic E-state index is 0.133. The van der Waals surface area contributed by atoms with Crippen molar-refractivity contribution in [1.29, 1.82) is 0 Å². The fraction of sp³-hybridized carbons (Fsp3) is 0.130. The quantitative estimate of drug-likeness (QED) is 0.619. The Labute approximate surface area is 164 Å². The normalized spacial score (nSPS) is 11.1. The van der Waals surface area contributed by atoms with Gasteiger partial charge < -0.3 is 15.1 Å². The highest BCUT2D eigenvalue weighted by atomic mass is 16.3. The van der Waals surface area contributed by atoms with Gasteiger partial charge in [-0.25, -0.2) is 0 Å². The number of furan rings is 1. The molecule has 0 aliphatic rings. The summed E-state index contributed by atoms with van der Waals surface area (Å²) in [6.45, 7) is 2.41. The van der Waals surface area contributed by atoms with Crippen LogP contribution >= 0.6 is 0 Å². The van der Waals surface area contributed by atoms with Crippen molar-refractivity contribution in [2.45, 2.75) is 13.3 Å². The third-order valence-electron chi connectivity index (χ3n) is 4.18. The molecule has 3 rings (SSSR count). The van der Waals surface area contributed by atoms with Crippen molar-refractivity contribution in [1.82, 2.24) is 10.6 Å². The van der Waals surface area contributed by atoms with E-state index in [1.165, 1.54) is 12.3 Å². The van der Waals surface area contributed by atoms with E-state index in [0.717, 1.165) is 11.1 Å². The third kappa shape index (κ3) is 5.45. The smallest absolute Gasteiger partial charge is 0.267 e.